The molecule has 158 valence electrons. The fraction of sp³-hybridized carbons (Fsp3) is 0.550. The summed E-state index contributed by atoms with van der Waals surface area (Å²) < 4.78 is 28.2. The molecule has 2 unspecified atom stereocenters. The molecule has 0 aliphatic heterocycles. The van der Waals surface area contributed by atoms with Crippen LogP contribution < -0.4 is 15.4 Å². The number of hydrogen-bond acceptors (Lipinski definition) is 6. The first kappa shape index (κ1) is 21.6. The Kier molecular flexibility index (Phi) is 7.88. The van der Waals surface area contributed by atoms with Crippen molar-refractivity contribution in [1.82, 2.24) is 19.7 Å². The number of rotatable bonds is 9. The lowest BCUT2D eigenvalue weighted by Gasteiger charge is -2.24. The van der Waals surface area contributed by atoms with Crippen LogP contribution in [0.1, 0.15) is 45.4 Å². The van der Waals surface area contributed by atoms with Crippen molar-refractivity contribution in [1.29, 1.82) is 0 Å². The molecule has 1 saturated carbocycles. The van der Waals surface area contributed by atoms with E-state index in [1.54, 1.807) is 25.5 Å². The summed E-state index contributed by atoms with van der Waals surface area (Å²) in [5.41, 5.74) is 1.47. The highest BCUT2D eigenvalue weighted by Crippen LogP contribution is 2.29. The number of halogens is 1. The molecule has 1 aliphatic rings. The van der Waals surface area contributed by atoms with E-state index in [0.717, 1.165) is 18.4 Å². The van der Waals surface area contributed by atoms with Gasteiger partial charge in [-0.15, -0.1) is 0 Å². The molecule has 0 spiro atoms. The van der Waals surface area contributed by atoms with Gasteiger partial charge in [-0.3, -0.25) is 4.98 Å². The molecular formula is C20H29FN6OS. The standard InChI is InChI=1S/C20H29FN6OS/c1-3-14(21)11-24-20-25-13-17(18-10-9-16(12-23-18)29(28)22-2)19(27-20)26-15-7-5-4-6-8-15/h9-10,12-15,22H,3-8,11H2,1-2H3,(H2,24,25,26,27). The summed E-state index contributed by atoms with van der Waals surface area (Å²) in [6.45, 7) is 1.99. The number of hydrogen-bond donors (Lipinski definition) is 3. The second-order valence-electron chi connectivity index (χ2n) is 7.17. The molecule has 0 amide bonds. The van der Waals surface area contributed by atoms with Crippen molar-refractivity contribution in [3.63, 3.8) is 0 Å². The van der Waals surface area contributed by atoms with Gasteiger partial charge in [-0.05, 0) is 38.4 Å². The van der Waals surface area contributed by atoms with Crippen molar-refractivity contribution in [3.8, 4) is 11.3 Å². The van der Waals surface area contributed by atoms with E-state index in [1.807, 2.05) is 13.0 Å². The maximum absolute atomic E-state index is 13.6. The van der Waals surface area contributed by atoms with Crippen LogP contribution in [0.2, 0.25) is 0 Å². The van der Waals surface area contributed by atoms with Gasteiger partial charge in [0.25, 0.3) is 0 Å². The van der Waals surface area contributed by atoms with Gasteiger partial charge < -0.3 is 10.6 Å². The minimum Gasteiger partial charge on any atom is -0.367 e. The Morgan fingerprint density at radius 1 is 1.21 bits per heavy atom. The summed E-state index contributed by atoms with van der Waals surface area (Å²) in [6.07, 6.45) is 8.67. The molecule has 2 aromatic rings. The lowest BCUT2D eigenvalue weighted by molar-refractivity contribution is 0.340. The molecule has 2 atom stereocenters. The number of nitrogens with one attached hydrogen (secondary N) is 3. The van der Waals surface area contributed by atoms with Crippen LogP contribution in [0.15, 0.2) is 29.4 Å². The molecule has 7 nitrogen and oxygen atoms in total. The van der Waals surface area contributed by atoms with Gasteiger partial charge >= 0.3 is 0 Å². The average molecular weight is 421 g/mol. The maximum atomic E-state index is 13.6. The number of pyridine rings is 1. The van der Waals surface area contributed by atoms with Crippen LogP contribution in [0.4, 0.5) is 16.2 Å². The van der Waals surface area contributed by atoms with Crippen molar-refractivity contribution in [2.75, 3.05) is 24.2 Å². The van der Waals surface area contributed by atoms with Crippen molar-refractivity contribution >= 4 is 22.8 Å². The van der Waals surface area contributed by atoms with Crippen molar-refractivity contribution in [2.45, 2.75) is 62.6 Å². The Hall–Kier alpha value is -2.13. The minimum atomic E-state index is -1.28. The van der Waals surface area contributed by atoms with Crippen LogP contribution in [-0.2, 0) is 11.0 Å². The van der Waals surface area contributed by atoms with E-state index in [2.05, 4.69) is 30.3 Å². The Morgan fingerprint density at radius 3 is 2.66 bits per heavy atom. The van der Waals surface area contributed by atoms with E-state index < -0.39 is 17.2 Å². The minimum absolute atomic E-state index is 0.182. The largest absolute Gasteiger partial charge is 0.367 e. The molecule has 0 aromatic carbocycles. The smallest absolute Gasteiger partial charge is 0.224 e. The van der Waals surface area contributed by atoms with Gasteiger partial charge in [0.05, 0.1) is 16.2 Å². The van der Waals surface area contributed by atoms with E-state index in [0.29, 0.717) is 34.8 Å². The Morgan fingerprint density at radius 2 is 2.00 bits per heavy atom. The quantitative estimate of drug-likeness (QED) is 0.573. The molecule has 2 heterocycles. The zero-order valence-electron chi connectivity index (χ0n) is 16.9. The molecular weight excluding hydrogens is 391 g/mol. The molecule has 0 radical (unpaired) electrons. The summed E-state index contributed by atoms with van der Waals surface area (Å²) in [6, 6.07) is 3.95. The van der Waals surface area contributed by atoms with Crippen LogP contribution in [0.5, 0.6) is 0 Å². The zero-order chi connectivity index (χ0) is 20.6. The number of anilines is 2. The van der Waals surface area contributed by atoms with Crippen LogP contribution in [0.3, 0.4) is 0 Å². The van der Waals surface area contributed by atoms with Gasteiger partial charge in [0.2, 0.25) is 5.95 Å². The highest BCUT2D eigenvalue weighted by Gasteiger charge is 2.18. The molecule has 29 heavy (non-hydrogen) atoms. The predicted molar refractivity (Wildman–Crippen MR) is 115 cm³/mol. The van der Waals surface area contributed by atoms with Gasteiger partial charge in [0, 0.05) is 25.0 Å². The van der Waals surface area contributed by atoms with Gasteiger partial charge in [-0.1, -0.05) is 26.2 Å². The third-order valence-corrected chi connectivity index (χ3v) is 6.11. The summed E-state index contributed by atoms with van der Waals surface area (Å²) in [5.74, 6) is 1.09. The first-order chi connectivity index (χ1) is 14.1. The van der Waals surface area contributed by atoms with Crippen LogP contribution >= 0.6 is 0 Å². The van der Waals surface area contributed by atoms with E-state index in [4.69, 9.17) is 0 Å². The Balaban J connectivity index is 1.86. The van der Waals surface area contributed by atoms with E-state index >= 15 is 0 Å². The Bertz CT molecular complexity index is 813. The average Bonchev–Trinajstić information content (AvgIpc) is 2.78. The fourth-order valence-electron chi connectivity index (χ4n) is 3.32. The summed E-state index contributed by atoms with van der Waals surface area (Å²) >= 11 is 0. The van der Waals surface area contributed by atoms with E-state index in [9.17, 15) is 8.60 Å². The molecule has 1 aliphatic carbocycles. The lowest BCUT2D eigenvalue weighted by atomic mass is 9.95. The second-order valence-corrected chi connectivity index (χ2v) is 8.59. The molecule has 0 bridgehead atoms. The SMILES string of the molecule is CCC(F)CNc1ncc(-c2ccc(S(=O)NC)cn2)c(NC2CCCCC2)n1. The number of nitrogens with zero attached hydrogens (tertiary/aromatic N) is 3. The fourth-order valence-corrected chi connectivity index (χ4v) is 3.89. The molecule has 1 fully saturated rings. The van der Waals surface area contributed by atoms with Gasteiger partial charge in [0.1, 0.15) is 23.0 Å². The third-order valence-electron chi connectivity index (χ3n) is 5.07. The molecule has 0 saturated heterocycles. The number of aromatic nitrogens is 3. The molecule has 9 heteroatoms. The normalized spacial score (nSPS) is 16.9. The van der Waals surface area contributed by atoms with Gasteiger partial charge in [-0.25, -0.2) is 18.3 Å². The zero-order valence-corrected chi connectivity index (χ0v) is 17.8. The maximum Gasteiger partial charge on any atom is 0.224 e. The monoisotopic (exact) mass is 420 g/mol. The third kappa shape index (κ3) is 5.93. The van der Waals surface area contributed by atoms with Crippen LogP contribution in [0.25, 0.3) is 11.3 Å². The summed E-state index contributed by atoms with van der Waals surface area (Å²) in [5, 5.41) is 6.52. The Labute approximate surface area is 173 Å². The predicted octanol–water partition coefficient (Wildman–Crippen LogP) is 3.69. The van der Waals surface area contributed by atoms with Crippen molar-refractivity contribution < 1.29 is 8.60 Å². The summed E-state index contributed by atoms with van der Waals surface area (Å²) in [7, 11) is 0.352. The van der Waals surface area contributed by atoms with E-state index in [-0.39, 0.29) is 6.54 Å². The molecule has 3 rings (SSSR count). The number of alkyl halides is 1. The van der Waals surface area contributed by atoms with Gasteiger partial charge in [-0.2, -0.15) is 4.98 Å². The lowest BCUT2D eigenvalue weighted by Crippen LogP contribution is -2.24. The first-order valence-electron chi connectivity index (χ1n) is 10.2. The van der Waals surface area contributed by atoms with Crippen LogP contribution in [0, 0.1) is 0 Å². The van der Waals surface area contributed by atoms with Crippen molar-refractivity contribution in [2.24, 2.45) is 0 Å². The first-order valence-corrected chi connectivity index (χ1v) is 11.3. The molecule has 3 N–H and O–H groups in total. The second kappa shape index (κ2) is 10.6. The van der Waals surface area contributed by atoms with E-state index in [1.165, 1.54) is 19.3 Å². The van der Waals surface area contributed by atoms with Gasteiger partial charge in [0.15, 0.2) is 0 Å². The highest BCUT2D eigenvalue weighted by atomic mass is 32.2. The molecule has 2 aromatic heterocycles. The topological polar surface area (TPSA) is 91.8 Å². The highest BCUT2D eigenvalue weighted by molar-refractivity contribution is 7.83. The van der Waals surface area contributed by atoms with Crippen molar-refractivity contribution in [3.05, 3.63) is 24.5 Å². The van der Waals surface area contributed by atoms with Crippen LogP contribution in [-0.4, -0.2) is 45.0 Å². The summed E-state index contributed by atoms with van der Waals surface area (Å²) in [4.78, 5) is 14.0.